The monoisotopic (exact) mass is 297 g/mol. The summed E-state index contributed by atoms with van der Waals surface area (Å²) in [6.07, 6.45) is 0. The largest absolute Gasteiger partial charge is 0.421 e. The van der Waals surface area contributed by atoms with E-state index in [4.69, 9.17) is 12.6 Å². The number of hydrogen-bond donors (Lipinski definition) is 0. The molecular formula is C17H15NS2. The van der Waals surface area contributed by atoms with Crippen LogP contribution < -0.4 is 4.57 Å². The predicted molar refractivity (Wildman–Crippen MR) is 86.7 cm³/mol. The number of aromatic nitrogens is 1. The van der Waals surface area contributed by atoms with Gasteiger partial charge in [-0.1, -0.05) is 35.9 Å². The standard InChI is InChI=1S/C17H15NS2/c1-12-8-10-14(11-9-12)16-18(2)15(17(19)20-16)13-6-4-3-5-7-13/h3-11H,1-2H3. The fraction of sp³-hybridized carbons (Fsp3) is 0.118. The van der Waals surface area contributed by atoms with Crippen LogP contribution in [0.1, 0.15) is 5.56 Å². The van der Waals surface area contributed by atoms with Gasteiger partial charge in [-0.05, 0) is 35.4 Å². The number of hydrogen-bond acceptors (Lipinski definition) is 2. The smallest absolute Gasteiger partial charge is 0.200 e. The summed E-state index contributed by atoms with van der Waals surface area (Å²) in [5, 5.41) is 1.20. The third-order valence-electron chi connectivity index (χ3n) is 3.37. The van der Waals surface area contributed by atoms with E-state index in [-0.39, 0.29) is 0 Å². The van der Waals surface area contributed by atoms with E-state index in [1.54, 1.807) is 11.3 Å². The molecule has 1 heterocycles. The average Bonchev–Trinajstić information content (AvgIpc) is 2.76. The Morgan fingerprint density at radius 1 is 0.900 bits per heavy atom. The van der Waals surface area contributed by atoms with Gasteiger partial charge in [0, 0.05) is 11.1 Å². The van der Waals surface area contributed by atoms with Crippen molar-refractivity contribution in [3.05, 3.63) is 60.2 Å². The van der Waals surface area contributed by atoms with E-state index in [1.807, 2.05) is 18.2 Å². The van der Waals surface area contributed by atoms with E-state index in [9.17, 15) is 0 Å². The molecule has 20 heavy (non-hydrogen) atoms. The Kier molecular flexibility index (Phi) is 3.55. The van der Waals surface area contributed by atoms with Gasteiger partial charge in [-0.25, -0.2) is 4.57 Å². The summed E-state index contributed by atoms with van der Waals surface area (Å²) in [5.41, 5.74) is 4.79. The van der Waals surface area contributed by atoms with Gasteiger partial charge in [-0.15, -0.1) is 0 Å². The third kappa shape index (κ3) is 2.35. The van der Waals surface area contributed by atoms with Gasteiger partial charge in [0.05, 0.1) is 0 Å². The van der Waals surface area contributed by atoms with Crippen LogP contribution in [0.3, 0.4) is 0 Å². The molecule has 0 atom stereocenters. The molecule has 1 nitrogen and oxygen atoms in total. The van der Waals surface area contributed by atoms with Crippen molar-refractivity contribution >= 4 is 24.0 Å². The first-order valence-electron chi connectivity index (χ1n) is 6.49. The molecule has 3 rings (SSSR count). The Morgan fingerprint density at radius 3 is 2.20 bits per heavy atom. The SMILES string of the molecule is Cc1ccc(-c2sc([S-])c(-c3ccccc3)[n+]2C)cc1. The summed E-state index contributed by atoms with van der Waals surface area (Å²) in [6, 6.07) is 18.9. The maximum absolute atomic E-state index is 5.57. The van der Waals surface area contributed by atoms with Crippen LogP contribution >= 0.6 is 11.3 Å². The molecule has 0 radical (unpaired) electrons. The van der Waals surface area contributed by atoms with Gasteiger partial charge in [0.1, 0.15) is 7.05 Å². The number of thiazole rings is 1. The molecule has 0 saturated heterocycles. The zero-order valence-corrected chi connectivity index (χ0v) is 13.1. The van der Waals surface area contributed by atoms with Crippen molar-refractivity contribution in [2.24, 2.45) is 7.05 Å². The Balaban J connectivity index is 2.14. The molecule has 0 bridgehead atoms. The van der Waals surface area contributed by atoms with Crippen molar-refractivity contribution in [1.29, 1.82) is 0 Å². The lowest BCUT2D eigenvalue weighted by Crippen LogP contribution is -2.30. The lowest BCUT2D eigenvalue weighted by atomic mass is 10.1. The van der Waals surface area contributed by atoms with Crippen molar-refractivity contribution in [2.75, 3.05) is 0 Å². The molecule has 3 aromatic rings. The molecule has 0 fully saturated rings. The van der Waals surface area contributed by atoms with Crippen molar-refractivity contribution in [3.8, 4) is 21.8 Å². The van der Waals surface area contributed by atoms with Gasteiger partial charge < -0.3 is 12.6 Å². The van der Waals surface area contributed by atoms with Crippen LogP contribution in [0.4, 0.5) is 0 Å². The Labute approximate surface area is 129 Å². The first kappa shape index (κ1) is 13.3. The first-order valence-corrected chi connectivity index (χ1v) is 7.71. The molecule has 2 aromatic carbocycles. The van der Waals surface area contributed by atoms with Crippen LogP contribution in [0.15, 0.2) is 58.8 Å². The molecule has 0 amide bonds. The fourth-order valence-corrected chi connectivity index (χ4v) is 3.80. The summed E-state index contributed by atoms with van der Waals surface area (Å²) in [7, 11) is 2.09. The summed E-state index contributed by atoms with van der Waals surface area (Å²) in [6.45, 7) is 2.10. The van der Waals surface area contributed by atoms with E-state index >= 15 is 0 Å². The zero-order valence-electron chi connectivity index (χ0n) is 11.5. The minimum Gasteiger partial charge on any atom is -0.421 e. The molecule has 0 saturated carbocycles. The van der Waals surface area contributed by atoms with Gasteiger partial charge in [-0.2, -0.15) is 0 Å². The topological polar surface area (TPSA) is 3.88 Å². The number of nitrogens with zero attached hydrogens (tertiary/aromatic N) is 1. The normalized spacial score (nSPS) is 10.7. The lowest BCUT2D eigenvalue weighted by Gasteiger charge is -2.01. The van der Waals surface area contributed by atoms with E-state index in [0.717, 1.165) is 9.90 Å². The summed E-state index contributed by atoms with van der Waals surface area (Å²) in [4.78, 5) is 0. The minimum absolute atomic E-state index is 0.939. The molecule has 0 aliphatic heterocycles. The Hall–Kier alpha value is -1.71. The van der Waals surface area contributed by atoms with E-state index in [2.05, 4.69) is 54.9 Å². The van der Waals surface area contributed by atoms with E-state index in [1.165, 1.54) is 21.7 Å². The molecule has 100 valence electrons. The van der Waals surface area contributed by atoms with Crippen LogP contribution in [-0.2, 0) is 19.7 Å². The molecular weight excluding hydrogens is 282 g/mol. The molecule has 0 N–H and O–H groups in total. The quantitative estimate of drug-likeness (QED) is 0.508. The molecule has 0 aliphatic carbocycles. The van der Waals surface area contributed by atoms with Crippen molar-refractivity contribution < 1.29 is 4.57 Å². The lowest BCUT2D eigenvalue weighted by molar-refractivity contribution is -0.646. The first-order chi connectivity index (χ1) is 9.66. The maximum atomic E-state index is 5.57. The van der Waals surface area contributed by atoms with Gasteiger partial charge in [-0.3, -0.25) is 11.3 Å². The van der Waals surface area contributed by atoms with Gasteiger partial charge in [0.25, 0.3) is 0 Å². The molecule has 0 unspecified atom stereocenters. The Bertz CT molecular complexity index is 728. The minimum atomic E-state index is 0.939. The zero-order chi connectivity index (χ0) is 14.1. The van der Waals surface area contributed by atoms with E-state index in [0.29, 0.717) is 0 Å². The van der Waals surface area contributed by atoms with Gasteiger partial charge in [0.15, 0.2) is 5.01 Å². The predicted octanol–water partition coefficient (Wildman–Crippen LogP) is 4.12. The van der Waals surface area contributed by atoms with Crippen LogP contribution in [-0.4, -0.2) is 0 Å². The summed E-state index contributed by atoms with van der Waals surface area (Å²) >= 11 is 7.24. The highest BCUT2D eigenvalue weighted by Gasteiger charge is 2.17. The van der Waals surface area contributed by atoms with Crippen LogP contribution in [0.5, 0.6) is 0 Å². The van der Waals surface area contributed by atoms with Crippen LogP contribution in [0, 0.1) is 6.92 Å². The van der Waals surface area contributed by atoms with Crippen molar-refractivity contribution in [3.63, 3.8) is 0 Å². The highest BCUT2D eigenvalue weighted by atomic mass is 32.2. The maximum Gasteiger partial charge on any atom is 0.200 e. The molecule has 1 aromatic heterocycles. The number of aryl methyl sites for hydroxylation is 1. The summed E-state index contributed by atoms with van der Waals surface area (Å²) in [5.74, 6) is 0. The molecule has 0 spiro atoms. The summed E-state index contributed by atoms with van der Waals surface area (Å²) < 4.78 is 3.14. The van der Waals surface area contributed by atoms with Crippen LogP contribution in [0.25, 0.3) is 21.8 Å². The van der Waals surface area contributed by atoms with Gasteiger partial charge >= 0.3 is 0 Å². The van der Waals surface area contributed by atoms with Gasteiger partial charge in [0.2, 0.25) is 5.69 Å². The second kappa shape index (κ2) is 5.35. The third-order valence-corrected chi connectivity index (χ3v) is 4.89. The van der Waals surface area contributed by atoms with Crippen molar-refractivity contribution in [1.82, 2.24) is 0 Å². The average molecular weight is 297 g/mol. The Morgan fingerprint density at radius 2 is 1.55 bits per heavy atom. The fourth-order valence-electron chi connectivity index (χ4n) is 2.30. The van der Waals surface area contributed by atoms with E-state index < -0.39 is 0 Å². The molecule has 0 aliphatic rings. The highest BCUT2D eigenvalue weighted by molar-refractivity contribution is 7.63. The second-order valence-electron chi connectivity index (χ2n) is 4.83. The highest BCUT2D eigenvalue weighted by Crippen LogP contribution is 2.31. The number of benzene rings is 2. The van der Waals surface area contributed by atoms with Crippen molar-refractivity contribution in [2.45, 2.75) is 11.1 Å². The number of rotatable bonds is 2. The molecule has 3 heteroatoms. The second-order valence-corrected chi connectivity index (χ2v) is 6.50. The van der Waals surface area contributed by atoms with Crippen LogP contribution in [0.2, 0.25) is 0 Å².